The fourth-order valence-electron chi connectivity index (χ4n) is 1.96. The van der Waals surface area contributed by atoms with E-state index in [0.29, 0.717) is 22.5 Å². The molecule has 0 aromatic carbocycles. The molecule has 0 spiro atoms. The van der Waals surface area contributed by atoms with Gasteiger partial charge < -0.3 is 13.9 Å². The number of furan rings is 2. The molecule has 1 atom stereocenters. The number of halogens is 1. The fourth-order valence-corrected chi connectivity index (χ4v) is 2.30. The van der Waals surface area contributed by atoms with Crippen molar-refractivity contribution in [2.24, 2.45) is 0 Å². The SMILES string of the molecule is Cc1cc(C(C)N(C)Cc2ccc(Br)o2)oc1C(=O)O. The lowest BCUT2D eigenvalue weighted by Crippen LogP contribution is -2.21. The van der Waals surface area contributed by atoms with E-state index in [1.165, 1.54) is 0 Å². The average molecular weight is 342 g/mol. The zero-order chi connectivity index (χ0) is 14.9. The summed E-state index contributed by atoms with van der Waals surface area (Å²) in [5.74, 6) is 0.417. The number of hydrogen-bond acceptors (Lipinski definition) is 4. The minimum Gasteiger partial charge on any atom is -0.475 e. The minimum atomic E-state index is -1.04. The van der Waals surface area contributed by atoms with Gasteiger partial charge >= 0.3 is 5.97 Å². The van der Waals surface area contributed by atoms with E-state index >= 15 is 0 Å². The van der Waals surface area contributed by atoms with Crippen molar-refractivity contribution in [2.45, 2.75) is 26.4 Å². The lowest BCUT2D eigenvalue weighted by atomic mass is 10.2. The highest BCUT2D eigenvalue weighted by molar-refractivity contribution is 9.10. The Morgan fingerprint density at radius 1 is 1.45 bits per heavy atom. The molecule has 1 N–H and O–H groups in total. The normalized spacial score (nSPS) is 12.8. The van der Waals surface area contributed by atoms with Crippen LogP contribution in [-0.2, 0) is 6.54 Å². The van der Waals surface area contributed by atoms with Gasteiger partial charge in [-0.2, -0.15) is 0 Å². The van der Waals surface area contributed by atoms with E-state index in [9.17, 15) is 4.79 Å². The van der Waals surface area contributed by atoms with E-state index in [4.69, 9.17) is 13.9 Å². The standard InChI is InChI=1S/C14H16BrNO4/c1-8-6-11(20-13(8)14(17)18)9(2)16(3)7-10-4-5-12(15)19-10/h4-6,9H,7H2,1-3H3,(H,17,18). The van der Waals surface area contributed by atoms with Crippen LogP contribution in [0.1, 0.15) is 40.6 Å². The second-order valence-electron chi connectivity index (χ2n) is 4.76. The molecule has 0 fully saturated rings. The molecule has 0 amide bonds. The predicted molar refractivity (Wildman–Crippen MR) is 76.7 cm³/mol. The summed E-state index contributed by atoms with van der Waals surface area (Å²) in [4.78, 5) is 13.0. The molecule has 0 aliphatic rings. The van der Waals surface area contributed by atoms with Gasteiger partial charge in [-0.1, -0.05) is 0 Å². The molecule has 0 aliphatic carbocycles. The van der Waals surface area contributed by atoms with Gasteiger partial charge in [-0.05, 0) is 55.0 Å². The monoisotopic (exact) mass is 341 g/mol. The summed E-state index contributed by atoms with van der Waals surface area (Å²) in [5, 5.41) is 9.01. The molecule has 2 rings (SSSR count). The first-order valence-electron chi connectivity index (χ1n) is 6.16. The van der Waals surface area contributed by atoms with Gasteiger partial charge in [0.05, 0.1) is 12.6 Å². The van der Waals surface area contributed by atoms with Crippen LogP contribution < -0.4 is 0 Å². The highest BCUT2D eigenvalue weighted by Gasteiger charge is 2.21. The smallest absolute Gasteiger partial charge is 0.372 e. The van der Waals surface area contributed by atoms with E-state index in [1.807, 2.05) is 31.0 Å². The van der Waals surface area contributed by atoms with Gasteiger partial charge in [0.2, 0.25) is 5.76 Å². The van der Waals surface area contributed by atoms with Crippen LogP contribution in [0, 0.1) is 6.92 Å². The first-order valence-corrected chi connectivity index (χ1v) is 6.96. The van der Waals surface area contributed by atoms with E-state index < -0.39 is 5.97 Å². The largest absolute Gasteiger partial charge is 0.475 e. The minimum absolute atomic E-state index is 0.000919. The molecule has 0 bridgehead atoms. The maximum Gasteiger partial charge on any atom is 0.372 e. The first kappa shape index (κ1) is 14.9. The zero-order valence-electron chi connectivity index (χ0n) is 11.5. The maximum absolute atomic E-state index is 11.0. The van der Waals surface area contributed by atoms with E-state index in [2.05, 4.69) is 15.9 Å². The molecule has 0 aliphatic heterocycles. The van der Waals surface area contributed by atoms with Crippen molar-refractivity contribution in [1.82, 2.24) is 4.90 Å². The van der Waals surface area contributed by atoms with Crippen molar-refractivity contribution in [1.29, 1.82) is 0 Å². The lowest BCUT2D eigenvalue weighted by molar-refractivity contribution is 0.0655. The molecule has 0 radical (unpaired) electrons. The van der Waals surface area contributed by atoms with Gasteiger partial charge in [-0.25, -0.2) is 4.79 Å². The Morgan fingerprint density at radius 3 is 2.65 bits per heavy atom. The maximum atomic E-state index is 11.0. The number of carbonyl (C=O) groups is 1. The molecule has 20 heavy (non-hydrogen) atoms. The summed E-state index contributed by atoms with van der Waals surface area (Å²) in [6.45, 7) is 4.30. The third-order valence-electron chi connectivity index (χ3n) is 3.24. The average Bonchev–Trinajstić information content (AvgIpc) is 2.94. The van der Waals surface area contributed by atoms with E-state index in [0.717, 1.165) is 5.76 Å². The Labute approximate surface area is 125 Å². The Bertz CT molecular complexity index is 616. The zero-order valence-corrected chi connectivity index (χ0v) is 13.1. The number of aryl methyl sites for hydroxylation is 1. The third-order valence-corrected chi connectivity index (χ3v) is 3.66. The molecule has 5 nitrogen and oxygen atoms in total. The highest BCUT2D eigenvalue weighted by atomic mass is 79.9. The molecule has 2 heterocycles. The van der Waals surface area contributed by atoms with Crippen LogP contribution in [0.25, 0.3) is 0 Å². The van der Waals surface area contributed by atoms with Gasteiger partial charge in [0.15, 0.2) is 4.67 Å². The summed E-state index contributed by atoms with van der Waals surface area (Å²) in [5.41, 5.74) is 0.633. The van der Waals surface area contributed by atoms with Gasteiger partial charge in [0, 0.05) is 5.56 Å². The number of nitrogens with zero attached hydrogens (tertiary/aromatic N) is 1. The van der Waals surface area contributed by atoms with Crippen molar-refractivity contribution in [3.05, 3.63) is 45.7 Å². The molecular formula is C14H16BrNO4. The Morgan fingerprint density at radius 2 is 2.15 bits per heavy atom. The van der Waals surface area contributed by atoms with Crippen LogP contribution >= 0.6 is 15.9 Å². The number of carboxylic acid groups (broad SMARTS) is 1. The summed E-state index contributed by atoms with van der Waals surface area (Å²) in [6, 6.07) is 5.45. The van der Waals surface area contributed by atoms with Crippen LogP contribution in [0.2, 0.25) is 0 Å². The number of rotatable bonds is 5. The lowest BCUT2D eigenvalue weighted by Gasteiger charge is -2.21. The van der Waals surface area contributed by atoms with Gasteiger partial charge in [-0.15, -0.1) is 0 Å². The second-order valence-corrected chi connectivity index (χ2v) is 5.54. The summed E-state index contributed by atoms with van der Waals surface area (Å²) in [7, 11) is 1.93. The highest BCUT2D eigenvalue weighted by Crippen LogP contribution is 2.26. The molecule has 2 aromatic heterocycles. The number of hydrogen-bond donors (Lipinski definition) is 1. The molecule has 108 valence electrons. The van der Waals surface area contributed by atoms with Crippen molar-refractivity contribution in [3.8, 4) is 0 Å². The molecular weight excluding hydrogens is 326 g/mol. The topological polar surface area (TPSA) is 66.8 Å². The molecule has 0 saturated carbocycles. The Hall–Kier alpha value is -1.53. The third kappa shape index (κ3) is 3.13. The quantitative estimate of drug-likeness (QED) is 0.894. The van der Waals surface area contributed by atoms with E-state index in [-0.39, 0.29) is 11.8 Å². The molecule has 1 unspecified atom stereocenters. The van der Waals surface area contributed by atoms with Crippen LogP contribution in [0.15, 0.2) is 31.7 Å². The van der Waals surface area contributed by atoms with Crippen molar-refractivity contribution in [3.63, 3.8) is 0 Å². The predicted octanol–water partition coefficient (Wildman–Crippen LogP) is 3.83. The summed E-state index contributed by atoms with van der Waals surface area (Å²) in [6.07, 6.45) is 0. The number of carboxylic acids is 1. The van der Waals surface area contributed by atoms with Crippen LogP contribution in [0.3, 0.4) is 0 Å². The Kier molecular flexibility index (Phi) is 4.35. The fraction of sp³-hybridized carbons (Fsp3) is 0.357. The number of aromatic carboxylic acids is 1. The van der Waals surface area contributed by atoms with E-state index in [1.54, 1.807) is 13.0 Å². The van der Waals surface area contributed by atoms with Crippen LogP contribution in [0.5, 0.6) is 0 Å². The van der Waals surface area contributed by atoms with Gasteiger partial charge in [0.1, 0.15) is 11.5 Å². The van der Waals surface area contributed by atoms with Crippen LogP contribution in [-0.4, -0.2) is 23.0 Å². The molecule has 6 heteroatoms. The molecule has 2 aromatic rings. The van der Waals surface area contributed by atoms with Gasteiger partial charge in [-0.3, -0.25) is 4.90 Å². The van der Waals surface area contributed by atoms with Crippen molar-refractivity contribution < 1.29 is 18.7 Å². The molecule has 0 saturated heterocycles. The Balaban J connectivity index is 2.12. The second kappa shape index (κ2) is 5.85. The van der Waals surface area contributed by atoms with Gasteiger partial charge in [0.25, 0.3) is 0 Å². The summed E-state index contributed by atoms with van der Waals surface area (Å²) >= 11 is 3.26. The summed E-state index contributed by atoms with van der Waals surface area (Å²) < 4.78 is 11.6. The first-order chi connectivity index (χ1) is 9.38. The van der Waals surface area contributed by atoms with Crippen LogP contribution in [0.4, 0.5) is 0 Å². The van der Waals surface area contributed by atoms with Crippen molar-refractivity contribution in [2.75, 3.05) is 7.05 Å². The van der Waals surface area contributed by atoms with Crippen molar-refractivity contribution >= 4 is 21.9 Å².